The van der Waals surface area contributed by atoms with Gasteiger partial charge in [-0.2, -0.15) is 0 Å². The van der Waals surface area contributed by atoms with E-state index in [9.17, 15) is 4.79 Å². The molecule has 0 radical (unpaired) electrons. The maximum absolute atomic E-state index is 11.5. The molecule has 0 aliphatic heterocycles. The van der Waals surface area contributed by atoms with Crippen molar-refractivity contribution in [1.29, 1.82) is 0 Å². The van der Waals surface area contributed by atoms with E-state index in [0.29, 0.717) is 6.42 Å². The van der Waals surface area contributed by atoms with Crippen LogP contribution in [0.15, 0.2) is 0 Å². The molecule has 0 bridgehead atoms. The average Bonchev–Trinajstić information content (AvgIpc) is 2.33. The van der Waals surface area contributed by atoms with Gasteiger partial charge in [-0.25, -0.2) is 0 Å². The quantitative estimate of drug-likeness (QED) is 0.299. The highest BCUT2D eigenvalue weighted by atomic mass is 28.3. The van der Waals surface area contributed by atoms with Gasteiger partial charge in [-0.15, -0.1) is 5.54 Å². The molecule has 0 atom stereocenters. The molecule has 0 amide bonds. The van der Waals surface area contributed by atoms with Gasteiger partial charge in [-0.3, -0.25) is 4.79 Å². The minimum absolute atomic E-state index is 0.144. The molecule has 0 heterocycles. The van der Waals surface area contributed by atoms with E-state index in [1.54, 1.807) is 0 Å². The molecule has 0 N–H and O–H groups in total. The van der Waals surface area contributed by atoms with E-state index < -0.39 is 8.07 Å². The largest absolute Gasteiger partial charge is 0.285 e. The van der Waals surface area contributed by atoms with Crippen LogP contribution in [-0.2, 0) is 4.79 Å². The van der Waals surface area contributed by atoms with Gasteiger partial charge in [0.1, 0.15) is 8.07 Å². The Bertz CT molecular complexity index is 291. The van der Waals surface area contributed by atoms with Gasteiger partial charge in [0.15, 0.2) is 0 Å². The van der Waals surface area contributed by atoms with Crippen LogP contribution in [-0.4, -0.2) is 13.9 Å². The second-order valence-electron chi connectivity index (χ2n) is 6.50. The fourth-order valence-corrected chi connectivity index (χ4v) is 2.43. The molecule has 0 saturated carbocycles. The molecular formula is C17H32OSi. The molecule has 0 rings (SSSR count). The van der Waals surface area contributed by atoms with Crippen molar-refractivity contribution in [3.8, 4) is 11.5 Å². The first-order chi connectivity index (χ1) is 8.95. The number of hydrogen-bond acceptors (Lipinski definition) is 1. The van der Waals surface area contributed by atoms with Crippen LogP contribution >= 0.6 is 0 Å². The minimum atomic E-state index is -1.38. The molecule has 0 aromatic carbocycles. The molecule has 0 aromatic rings. The Kier molecular flexibility index (Phi) is 11.0. The lowest BCUT2D eigenvalue weighted by molar-refractivity contribution is -0.113. The van der Waals surface area contributed by atoms with Gasteiger partial charge < -0.3 is 0 Å². The van der Waals surface area contributed by atoms with Gasteiger partial charge in [0.25, 0.3) is 0 Å². The maximum atomic E-state index is 11.5. The Hall–Kier alpha value is -0.553. The fourth-order valence-electron chi connectivity index (χ4n) is 1.92. The van der Waals surface area contributed by atoms with Crippen LogP contribution in [0.4, 0.5) is 0 Å². The Morgan fingerprint density at radius 3 is 1.79 bits per heavy atom. The zero-order valence-corrected chi connectivity index (χ0v) is 14.5. The summed E-state index contributed by atoms with van der Waals surface area (Å²) < 4.78 is 0. The van der Waals surface area contributed by atoms with E-state index in [4.69, 9.17) is 0 Å². The Morgan fingerprint density at radius 1 is 0.842 bits per heavy atom. The summed E-state index contributed by atoms with van der Waals surface area (Å²) in [4.78, 5) is 11.5. The van der Waals surface area contributed by atoms with Crippen molar-refractivity contribution < 1.29 is 4.79 Å². The number of ketones is 1. The zero-order chi connectivity index (χ0) is 14.6. The highest BCUT2D eigenvalue weighted by molar-refractivity contribution is 6.84. The van der Waals surface area contributed by atoms with Crippen LogP contribution in [0.25, 0.3) is 0 Å². The first-order valence-corrected chi connectivity index (χ1v) is 11.5. The van der Waals surface area contributed by atoms with Gasteiger partial charge in [0, 0.05) is 6.42 Å². The number of carbonyl (C=O) groups is 1. The monoisotopic (exact) mass is 280 g/mol. The Morgan fingerprint density at radius 2 is 1.32 bits per heavy atom. The summed E-state index contributed by atoms with van der Waals surface area (Å²) in [6.45, 7) is 8.77. The Balaban J connectivity index is 3.39. The van der Waals surface area contributed by atoms with Crippen LogP contribution in [0.2, 0.25) is 19.6 Å². The number of carbonyl (C=O) groups excluding carboxylic acids is 1. The van der Waals surface area contributed by atoms with Gasteiger partial charge in [-0.1, -0.05) is 77.9 Å². The maximum Gasteiger partial charge on any atom is 0.204 e. The van der Waals surface area contributed by atoms with Crippen molar-refractivity contribution >= 4 is 13.9 Å². The lowest BCUT2D eigenvalue weighted by Gasteiger charge is -2.03. The van der Waals surface area contributed by atoms with Crippen molar-refractivity contribution in [3.63, 3.8) is 0 Å². The molecule has 0 aliphatic rings. The summed E-state index contributed by atoms with van der Waals surface area (Å²) in [6, 6.07) is 0. The lowest BCUT2D eigenvalue weighted by atomic mass is 10.1. The molecule has 2 heteroatoms. The molecule has 19 heavy (non-hydrogen) atoms. The molecule has 0 fully saturated rings. The predicted octanol–water partition coefficient (Wildman–Crippen LogP) is 5.36. The molecule has 0 aromatic heterocycles. The standard InChI is InChI=1S/C17H32OSi/c1-5-6-7-8-9-10-11-12-13-14-17(18)15-16-19(2,3)4/h5-14H2,1-4H3. The van der Waals surface area contributed by atoms with E-state index in [-0.39, 0.29) is 5.78 Å². The topological polar surface area (TPSA) is 17.1 Å². The summed E-state index contributed by atoms with van der Waals surface area (Å²) in [6.07, 6.45) is 12.3. The van der Waals surface area contributed by atoms with Crippen LogP contribution < -0.4 is 0 Å². The van der Waals surface area contributed by atoms with Crippen LogP contribution in [0.1, 0.15) is 71.1 Å². The summed E-state index contributed by atoms with van der Waals surface area (Å²) >= 11 is 0. The van der Waals surface area contributed by atoms with Crippen LogP contribution in [0.5, 0.6) is 0 Å². The lowest BCUT2D eigenvalue weighted by Crippen LogP contribution is -2.17. The van der Waals surface area contributed by atoms with Gasteiger partial charge in [0.2, 0.25) is 5.78 Å². The summed E-state index contributed by atoms with van der Waals surface area (Å²) in [5, 5.41) is 0. The van der Waals surface area contributed by atoms with Crippen molar-refractivity contribution in [1.82, 2.24) is 0 Å². The fraction of sp³-hybridized carbons (Fsp3) is 0.824. The van der Waals surface area contributed by atoms with Crippen LogP contribution in [0, 0.1) is 11.5 Å². The van der Waals surface area contributed by atoms with Crippen LogP contribution in [0.3, 0.4) is 0 Å². The summed E-state index contributed by atoms with van der Waals surface area (Å²) in [5.74, 6) is 2.96. The smallest absolute Gasteiger partial charge is 0.204 e. The molecule has 0 spiro atoms. The summed E-state index contributed by atoms with van der Waals surface area (Å²) in [5.41, 5.74) is 3.14. The third-order valence-corrected chi connectivity index (χ3v) is 3.96. The number of hydrogen-bond donors (Lipinski definition) is 0. The highest BCUT2D eigenvalue weighted by Crippen LogP contribution is 2.10. The molecule has 0 saturated heterocycles. The van der Waals surface area contributed by atoms with Gasteiger partial charge in [0.05, 0.1) is 0 Å². The van der Waals surface area contributed by atoms with Gasteiger partial charge >= 0.3 is 0 Å². The Labute approximate surface area is 121 Å². The van der Waals surface area contributed by atoms with Crippen molar-refractivity contribution in [2.24, 2.45) is 0 Å². The predicted molar refractivity (Wildman–Crippen MR) is 88.0 cm³/mol. The van der Waals surface area contributed by atoms with Crippen molar-refractivity contribution in [3.05, 3.63) is 0 Å². The second kappa shape index (κ2) is 11.3. The summed E-state index contributed by atoms with van der Waals surface area (Å²) in [7, 11) is -1.38. The van der Waals surface area contributed by atoms with Gasteiger partial charge in [-0.05, 0) is 12.3 Å². The SMILES string of the molecule is CCCCCCCCCCCC(=O)C#C[Si](C)(C)C. The number of unbranched alkanes of at least 4 members (excludes halogenated alkanes) is 8. The third kappa shape index (κ3) is 15.4. The van der Waals surface area contributed by atoms with Crippen molar-refractivity contribution in [2.75, 3.05) is 0 Å². The first kappa shape index (κ1) is 18.4. The normalized spacial score (nSPS) is 10.9. The minimum Gasteiger partial charge on any atom is -0.285 e. The average molecular weight is 281 g/mol. The third-order valence-electron chi connectivity index (χ3n) is 3.08. The zero-order valence-electron chi connectivity index (χ0n) is 13.5. The van der Waals surface area contributed by atoms with E-state index in [0.717, 1.165) is 6.42 Å². The number of Topliss-reactive ketones (excluding diaryl/α,β-unsaturated/α-hetero) is 1. The number of rotatable bonds is 10. The van der Waals surface area contributed by atoms with Crippen molar-refractivity contribution in [2.45, 2.75) is 90.8 Å². The molecular weight excluding hydrogens is 248 g/mol. The van der Waals surface area contributed by atoms with E-state index >= 15 is 0 Å². The van der Waals surface area contributed by atoms with E-state index in [2.05, 4.69) is 38.0 Å². The van der Waals surface area contributed by atoms with E-state index in [1.165, 1.54) is 51.4 Å². The second-order valence-corrected chi connectivity index (χ2v) is 11.3. The molecule has 1 nitrogen and oxygen atoms in total. The molecule has 0 unspecified atom stereocenters. The molecule has 0 aliphatic carbocycles. The highest BCUT2D eigenvalue weighted by Gasteiger charge is 2.08. The van der Waals surface area contributed by atoms with E-state index in [1.807, 2.05) is 0 Å². The first-order valence-electron chi connectivity index (χ1n) is 8.01. The molecule has 110 valence electrons.